The number of hydrogen-bond donors (Lipinski definition) is 2. The van der Waals surface area contributed by atoms with Gasteiger partial charge < -0.3 is 10.9 Å². The lowest BCUT2D eigenvalue weighted by Crippen LogP contribution is -2.17. The zero-order valence-corrected chi connectivity index (χ0v) is 8.42. The second-order valence-electron chi connectivity index (χ2n) is 2.80. The number of nitrogens with two attached hydrogens (primary N) is 1. The molecule has 78 valence electrons. The maximum absolute atomic E-state index is 9.11. The first kappa shape index (κ1) is 12.6. The van der Waals surface area contributed by atoms with Gasteiger partial charge in [0.15, 0.2) is 0 Å². The standard InChI is InChI=1S/C9H13NO.CH3NO/c1-8(10(2)11)9-6-4-3-5-7-9;2-1-3/h3-8,11H,1-2H3;1H,(H2,2,3). The Bertz CT molecular complexity index is 250. The Kier molecular flexibility index (Phi) is 6.36. The van der Waals surface area contributed by atoms with E-state index >= 15 is 0 Å². The first-order valence-corrected chi connectivity index (χ1v) is 4.25. The molecule has 0 saturated carbocycles. The van der Waals surface area contributed by atoms with Crippen LogP contribution in [0.25, 0.3) is 0 Å². The summed E-state index contributed by atoms with van der Waals surface area (Å²) in [5.74, 6) is 0. The van der Waals surface area contributed by atoms with E-state index in [4.69, 9.17) is 10.0 Å². The molecule has 1 amide bonds. The van der Waals surface area contributed by atoms with Crippen molar-refractivity contribution in [3.05, 3.63) is 35.9 Å². The van der Waals surface area contributed by atoms with E-state index in [2.05, 4.69) is 5.73 Å². The molecule has 0 bridgehead atoms. The SMILES string of the molecule is CC(c1ccccc1)N(C)O.NC=O. The molecule has 0 fully saturated rings. The lowest BCUT2D eigenvalue weighted by molar-refractivity contribution is -0.106. The van der Waals surface area contributed by atoms with Gasteiger partial charge in [-0.3, -0.25) is 4.79 Å². The highest BCUT2D eigenvalue weighted by atomic mass is 16.5. The highest BCUT2D eigenvalue weighted by Crippen LogP contribution is 2.15. The quantitative estimate of drug-likeness (QED) is 0.551. The lowest BCUT2D eigenvalue weighted by Gasteiger charge is -2.17. The summed E-state index contributed by atoms with van der Waals surface area (Å²) >= 11 is 0. The van der Waals surface area contributed by atoms with Gasteiger partial charge in [0.2, 0.25) is 6.41 Å². The molecule has 0 aliphatic rings. The molecular formula is C10H16N2O2. The molecule has 1 aromatic rings. The van der Waals surface area contributed by atoms with E-state index in [0.717, 1.165) is 5.56 Å². The summed E-state index contributed by atoms with van der Waals surface area (Å²) in [6.45, 7) is 1.95. The van der Waals surface area contributed by atoms with Crippen LogP contribution in [0.3, 0.4) is 0 Å². The highest BCUT2D eigenvalue weighted by molar-refractivity contribution is 5.42. The van der Waals surface area contributed by atoms with Crippen LogP contribution in [0, 0.1) is 0 Å². The normalized spacial score (nSPS) is 11.4. The van der Waals surface area contributed by atoms with Crippen LogP contribution in [0.4, 0.5) is 0 Å². The van der Waals surface area contributed by atoms with Crippen molar-refractivity contribution in [1.29, 1.82) is 0 Å². The lowest BCUT2D eigenvalue weighted by atomic mass is 10.1. The average molecular weight is 196 g/mol. The number of benzene rings is 1. The van der Waals surface area contributed by atoms with Gasteiger partial charge in [-0.1, -0.05) is 30.3 Å². The van der Waals surface area contributed by atoms with Crippen LogP contribution in [0.5, 0.6) is 0 Å². The number of hydroxylamine groups is 2. The third-order valence-corrected chi connectivity index (χ3v) is 1.84. The van der Waals surface area contributed by atoms with Crippen molar-refractivity contribution in [1.82, 2.24) is 5.06 Å². The van der Waals surface area contributed by atoms with E-state index in [1.807, 2.05) is 37.3 Å². The Balaban J connectivity index is 0.000000500. The highest BCUT2D eigenvalue weighted by Gasteiger charge is 2.06. The summed E-state index contributed by atoms with van der Waals surface area (Å²) in [4.78, 5) is 8.58. The molecule has 4 heteroatoms. The van der Waals surface area contributed by atoms with Gasteiger partial charge in [0.1, 0.15) is 0 Å². The molecule has 4 nitrogen and oxygen atoms in total. The van der Waals surface area contributed by atoms with Crippen molar-refractivity contribution < 1.29 is 10.0 Å². The van der Waals surface area contributed by atoms with E-state index in [1.165, 1.54) is 5.06 Å². The van der Waals surface area contributed by atoms with Gasteiger partial charge in [-0.15, -0.1) is 0 Å². The molecule has 1 aromatic carbocycles. The van der Waals surface area contributed by atoms with Crippen LogP contribution in [0.2, 0.25) is 0 Å². The molecule has 0 spiro atoms. The van der Waals surface area contributed by atoms with Gasteiger partial charge in [0.25, 0.3) is 0 Å². The molecule has 0 aromatic heterocycles. The first-order chi connectivity index (χ1) is 6.63. The third kappa shape index (κ3) is 4.59. The monoisotopic (exact) mass is 196 g/mol. The van der Waals surface area contributed by atoms with Crippen molar-refractivity contribution in [2.24, 2.45) is 5.73 Å². The summed E-state index contributed by atoms with van der Waals surface area (Å²) in [7, 11) is 1.65. The van der Waals surface area contributed by atoms with Crippen molar-refractivity contribution in [2.75, 3.05) is 7.05 Å². The van der Waals surface area contributed by atoms with Crippen LogP contribution in [0.15, 0.2) is 30.3 Å². The molecule has 1 rings (SSSR count). The number of amides is 1. The zero-order valence-electron chi connectivity index (χ0n) is 8.42. The summed E-state index contributed by atoms with van der Waals surface area (Å²) in [6.07, 6.45) is 0.250. The Labute approximate surface area is 83.9 Å². The number of carbonyl (C=O) groups is 1. The molecule has 14 heavy (non-hydrogen) atoms. The van der Waals surface area contributed by atoms with E-state index < -0.39 is 0 Å². The fourth-order valence-electron chi connectivity index (χ4n) is 0.947. The summed E-state index contributed by atoms with van der Waals surface area (Å²) in [5, 5.41) is 10.3. The van der Waals surface area contributed by atoms with Crippen LogP contribution in [0.1, 0.15) is 18.5 Å². The van der Waals surface area contributed by atoms with Gasteiger partial charge in [0.05, 0.1) is 6.04 Å². The molecule has 0 heterocycles. The van der Waals surface area contributed by atoms with E-state index in [9.17, 15) is 0 Å². The fraction of sp³-hybridized carbons (Fsp3) is 0.300. The minimum atomic E-state index is 0.0659. The molecule has 1 unspecified atom stereocenters. The van der Waals surface area contributed by atoms with Crippen LogP contribution in [-0.2, 0) is 4.79 Å². The molecule has 0 aliphatic heterocycles. The second-order valence-corrected chi connectivity index (χ2v) is 2.80. The molecule has 3 N–H and O–H groups in total. The van der Waals surface area contributed by atoms with E-state index in [-0.39, 0.29) is 12.5 Å². The minimum Gasteiger partial charge on any atom is -0.372 e. The molecular weight excluding hydrogens is 180 g/mol. The van der Waals surface area contributed by atoms with Crippen molar-refractivity contribution in [3.8, 4) is 0 Å². The molecule has 1 atom stereocenters. The van der Waals surface area contributed by atoms with Gasteiger partial charge in [0, 0.05) is 7.05 Å². The fourth-order valence-corrected chi connectivity index (χ4v) is 0.947. The van der Waals surface area contributed by atoms with Gasteiger partial charge in [-0.05, 0) is 12.5 Å². The summed E-state index contributed by atoms with van der Waals surface area (Å²) in [5.41, 5.74) is 5.29. The first-order valence-electron chi connectivity index (χ1n) is 4.25. The van der Waals surface area contributed by atoms with E-state index in [1.54, 1.807) is 7.05 Å². The molecule has 0 saturated heterocycles. The van der Waals surface area contributed by atoms with Crippen LogP contribution < -0.4 is 5.73 Å². The van der Waals surface area contributed by atoms with Crippen molar-refractivity contribution in [2.45, 2.75) is 13.0 Å². The van der Waals surface area contributed by atoms with Crippen LogP contribution >= 0.6 is 0 Å². The number of hydrogen-bond acceptors (Lipinski definition) is 3. The average Bonchev–Trinajstić information content (AvgIpc) is 2.19. The smallest absolute Gasteiger partial charge is 0.204 e. The minimum absolute atomic E-state index is 0.0659. The molecule has 0 radical (unpaired) electrons. The second kappa shape index (κ2) is 7.06. The zero-order chi connectivity index (χ0) is 11.0. The maximum atomic E-state index is 9.11. The number of carbonyl (C=O) groups excluding carboxylic acids is 1. The predicted octanol–water partition coefficient (Wildman–Crippen LogP) is 1.17. The largest absolute Gasteiger partial charge is 0.372 e. The topological polar surface area (TPSA) is 66.6 Å². The van der Waals surface area contributed by atoms with Gasteiger partial charge in [-0.25, -0.2) is 0 Å². The van der Waals surface area contributed by atoms with Crippen molar-refractivity contribution >= 4 is 6.41 Å². The Morgan fingerprint density at radius 2 is 1.86 bits per heavy atom. The van der Waals surface area contributed by atoms with Crippen LogP contribution in [-0.4, -0.2) is 23.7 Å². The molecule has 0 aliphatic carbocycles. The van der Waals surface area contributed by atoms with E-state index in [0.29, 0.717) is 0 Å². The predicted molar refractivity (Wildman–Crippen MR) is 54.7 cm³/mol. The maximum Gasteiger partial charge on any atom is 0.204 e. The summed E-state index contributed by atoms with van der Waals surface area (Å²) < 4.78 is 0. The third-order valence-electron chi connectivity index (χ3n) is 1.84. The van der Waals surface area contributed by atoms with Gasteiger partial charge >= 0.3 is 0 Å². The Hall–Kier alpha value is -1.39. The number of nitrogens with zero attached hydrogens (tertiary/aromatic N) is 1. The number of primary amides is 1. The Morgan fingerprint density at radius 3 is 2.21 bits per heavy atom. The Morgan fingerprint density at radius 1 is 1.43 bits per heavy atom. The van der Waals surface area contributed by atoms with Crippen molar-refractivity contribution in [3.63, 3.8) is 0 Å². The summed E-state index contributed by atoms with van der Waals surface area (Å²) in [6, 6.07) is 9.96. The van der Waals surface area contributed by atoms with Gasteiger partial charge in [-0.2, -0.15) is 5.06 Å². The number of rotatable bonds is 2.